The summed E-state index contributed by atoms with van der Waals surface area (Å²) >= 11 is 0. The van der Waals surface area contributed by atoms with Crippen LogP contribution in [0.1, 0.15) is 43.2 Å². The molecule has 0 saturated carbocycles. The van der Waals surface area contributed by atoms with E-state index in [2.05, 4.69) is 18.1 Å². The lowest BCUT2D eigenvalue weighted by molar-refractivity contribution is 0.628. The van der Waals surface area contributed by atoms with E-state index in [1.807, 2.05) is 18.2 Å². The molecule has 0 atom stereocenters. The Morgan fingerprint density at radius 2 is 1.60 bits per heavy atom. The SMILES string of the molecule is C=C/C=C\C=c1\[nH]c(=O)c2c(c1=C)CCCCCCC2. The Balaban J connectivity index is 2.55. The van der Waals surface area contributed by atoms with Crippen molar-refractivity contribution in [2.75, 3.05) is 0 Å². The van der Waals surface area contributed by atoms with Gasteiger partial charge in [0, 0.05) is 10.9 Å². The van der Waals surface area contributed by atoms with E-state index in [0.717, 1.165) is 41.8 Å². The maximum atomic E-state index is 12.3. The Bertz CT molecular complexity index is 664. The van der Waals surface area contributed by atoms with Gasteiger partial charge in [-0.25, -0.2) is 0 Å². The molecule has 1 aliphatic carbocycles. The summed E-state index contributed by atoms with van der Waals surface area (Å²) in [5.41, 5.74) is 2.20. The van der Waals surface area contributed by atoms with Crippen LogP contribution in [0.15, 0.2) is 29.6 Å². The van der Waals surface area contributed by atoms with Gasteiger partial charge < -0.3 is 4.98 Å². The molecule has 1 N–H and O–H groups in total. The molecule has 1 aromatic heterocycles. The molecule has 1 aliphatic rings. The second-order valence-corrected chi connectivity index (χ2v) is 5.36. The lowest BCUT2D eigenvalue weighted by Crippen LogP contribution is -2.39. The fourth-order valence-electron chi connectivity index (χ4n) is 2.83. The maximum absolute atomic E-state index is 12.3. The number of hydrogen-bond acceptors (Lipinski definition) is 1. The van der Waals surface area contributed by atoms with E-state index in [9.17, 15) is 4.79 Å². The van der Waals surface area contributed by atoms with E-state index in [0.29, 0.717) is 0 Å². The Kier molecular flexibility index (Phi) is 5.16. The minimum Gasteiger partial charge on any atom is -0.322 e. The monoisotopic (exact) mass is 269 g/mol. The first-order valence-electron chi connectivity index (χ1n) is 7.46. The van der Waals surface area contributed by atoms with Crippen molar-refractivity contribution in [3.05, 3.63) is 56.9 Å². The van der Waals surface area contributed by atoms with Crippen LogP contribution in [-0.2, 0) is 12.8 Å². The molecule has 0 unspecified atom stereocenters. The number of rotatable bonds is 2. The fraction of sp³-hybridized carbons (Fsp3) is 0.389. The number of nitrogens with one attached hydrogen (secondary N) is 1. The topological polar surface area (TPSA) is 32.9 Å². The van der Waals surface area contributed by atoms with E-state index in [4.69, 9.17) is 0 Å². The van der Waals surface area contributed by atoms with Gasteiger partial charge in [0.1, 0.15) is 0 Å². The minimum absolute atomic E-state index is 0.0625. The van der Waals surface area contributed by atoms with Crippen LogP contribution in [0.3, 0.4) is 0 Å². The third-order valence-corrected chi connectivity index (χ3v) is 3.94. The molecule has 0 saturated heterocycles. The standard InChI is InChI=1S/C18H23NO/c1-3-4-8-13-17-14(2)15-11-9-6-5-7-10-12-16(15)18(20)19-17/h3-4,8,13H,1-2,5-7,9-12H2,(H,19,20)/b8-4-,17-13+. The molecule has 0 amide bonds. The summed E-state index contributed by atoms with van der Waals surface area (Å²) in [6, 6.07) is 0. The molecular weight excluding hydrogens is 246 g/mol. The molecule has 20 heavy (non-hydrogen) atoms. The molecule has 0 aliphatic heterocycles. The summed E-state index contributed by atoms with van der Waals surface area (Å²) in [5.74, 6) is 0. The summed E-state index contributed by atoms with van der Waals surface area (Å²) in [4.78, 5) is 15.3. The molecule has 2 heteroatoms. The van der Waals surface area contributed by atoms with Crippen molar-refractivity contribution in [3.8, 4) is 0 Å². The van der Waals surface area contributed by atoms with Gasteiger partial charge >= 0.3 is 0 Å². The summed E-state index contributed by atoms with van der Waals surface area (Å²) < 4.78 is 0. The van der Waals surface area contributed by atoms with E-state index < -0.39 is 0 Å². The predicted molar refractivity (Wildman–Crippen MR) is 86.1 cm³/mol. The van der Waals surface area contributed by atoms with Crippen molar-refractivity contribution < 1.29 is 0 Å². The van der Waals surface area contributed by atoms with Gasteiger partial charge in [0.15, 0.2) is 0 Å². The molecule has 0 bridgehead atoms. The van der Waals surface area contributed by atoms with Crippen LogP contribution in [0.4, 0.5) is 0 Å². The highest BCUT2D eigenvalue weighted by Crippen LogP contribution is 2.14. The predicted octanol–water partition coefficient (Wildman–Crippen LogP) is 2.36. The number of pyridine rings is 1. The van der Waals surface area contributed by atoms with Crippen molar-refractivity contribution in [2.24, 2.45) is 0 Å². The van der Waals surface area contributed by atoms with Crippen LogP contribution in [0.25, 0.3) is 12.7 Å². The van der Waals surface area contributed by atoms with Crippen molar-refractivity contribution in [2.45, 2.75) is 44.9 Å². The molecular formula is C18H23NO. The van der Waals surface area contributed by atoms with Gasteiger partial charge in [0.05, 0.1) is 0 Å². The summed E-state index contributed by atoms with van der Waals surface area (Å²) in [6.45, 7) is 7.84. The second kappa shape index (κ2) is 7.09. The fourth-order valence-corrected chi connectivity index (χ4v) is 2.83. The zero-order valence-corrected chi connectivity index (χ0v) is 12.1. The molecule has 2 nitrogen and oxygen atoms in total. The normalized spacial score (nSPS) is 17.3. The van der Waals surface area contributed by atoms with Gasteiger partial charge in [0.25, 0.3) is 5.56 Å². The Morgan fingerprint density at radius 3 is 2.30 bits per heavy atom. The van der Waals surface area contributed by atoms with Crippen molar-refractivity contribution in [3.63, 3.8) is 0 Å². The van der Waals surface area contributed by atoms with Gasteiger partial charge in [-0.1, -0.05) is 50.6 Å². The minimum atomic E-state index is 0.0625. The average Bonchev–Trinajstić information content (AvgIpc) is 2.56. The lowest BCUT2D eigenvalue weighted by atomic mass is 9.99. The largest absolute Gasteiger partial charge is 0.322 e. The van der Waals surface area contributed by atoms with Gasteiger partial charge in [-0.05, 0) is 42.5 Å². The Hall–Kier alpha value is -1.83. The number of hydrogen-bond donors (Lipinski definition) is 1. The van der Waals surface area contributed by atoms with Crippen LogP contribution in [0.5, 0.6) is 0 Å². The van der Waals surface area contributed by atoms with Crippen molar-refractivity contribution in [1.82, 2.24) is 4.98 Å². The third kappa shape index (κ3) is 3.38. The second-order valence-electron chi connectivity index (χ2n) is 5.36. The molecule has 1 aromatic rings. The lowest BCUT2D eigenvalue weighted by Gasteiger charge is -2.08. The first kappa shape index (κ1) is 14.6. The highest BCUT2D eigenvalue weighted by Gasteiger charge is 2.11. The quantitative estimate of drug-likeness (QED) is 0.821. The van der Waals surface area contributed by atoms with Crippen LogP contribution < -0.4 is 16.1 Å². The smallest absolute Gasteiger partial charge is 0.251 e. The summed E-state index contributed by atoms with van der Waals surface area (Å²) in [7, 11) is 0. The van der Waals surface area contributed by atoms with Crippen LogP contribution >= 0.6 is 0 Å². The Labute approximate surface area is 120 Å². The molecule has 0 fully saturated rings. The molecule has 106 valence electrons. The highest BCUT2D eigenvalue weighted by atomic mass is 16.1. The van der Waals surface area contributed by atoms with Gasteiger partial charge in [-0.2, -0.15) is 0 Å². The first-order valence-corrected chi connectivity index (χ1v) is 7.46. The van der Waals surface area contributed by atoms with Crippen LogP contribution in [0, 0.1) is 0 Å². The van der Waals surface area contributed by atoms with Gasteiger partial charge in [-0.3, -0.25) is 4.79 Å². The molecule has 1 heterocycles. The van der Waals surface area contributed by atoms with E-state index in [-0.39, 0.29) is 5.56 Å². The molecule has 0 aromatic carbocycles. The van der Waals surface area contributed by atoms with Crippen LogP contribution in [-0.4, -0.2) is 4.98 Å². The summed E-state index contributed by atoms with van der Waals surface area (Å²) in [6.07, 6.45) is 15.2. The van der Waals surface area contributed by atoms with Gasteiger partial charge in [0.2, 0.25) is 0 Å². The molecule has 0 spiro atoms. The van der Waals surface area contributed by atoms with E-state index in [1.54, 1.807) is 6.08 Å². The van der Waals surface area contributed by atoms with Crippen molar-refractivity contribution in [1.29, 1.82) is 0 Å². The number of H-pyrrole nitrogens is 1. The van der Waals surface area contributed by atoms with E-state index >= 15 is 0 Å². The zero-order chi connectivity index (χ0) is 14.4. The zero-order valence-electron chi connectivity index (χ0n) is 12.1. The van der Waals surface area contributed by atoms with Crippen LogP contribution in [0.2, 0.25) is 0 Å². The number of allylic oxidation sites excluding steroid dienone is 3. The third-order valence-electron chi connectivity index (χ3n) is 3.94. The number of aromatic amines is 1. The molecule has 0 radical (unpaired) electrons. The number of aromatic nitrogens is 1. The highest BCUT2D eigenvalue weighted by molar-refractivity contribution is 5.39. The van der Waals surface area contributed by atoms with E-state index in [1.165, 1.54) is 24.8 Å². The Morgan fingerprint density at radius 1 is 0.950 bits per heavy atom. The average molecular weight is 269 g/mol. The van der Waals surface area contributed by atoms with Crippen molar-refractivity contribution >= 4 is 12.7 Å². The number of fused-ring (bicyclic) bond motifs is 1. The van der Waals surface area contributed by atoms with Gasteiger partial charge in [-0.15, -0.1) is 0 Å². The maximum Gasteiger partial charge on any atom is 0.251 e. The molecule has 2 rings (SSSR count). The summed E-state index contributed by atoms with van der Waals surface area (Å²) in [5, 5.41) is 1.81. The first-order chi connectivity index (χ1) is 9.74.